The number of aromatic hydroxyl groups is 1. The number of aromatic nitrogens is 4. The molecule has 0 aliphatic rings. The summed E-state index contributed by atoms with van der Waals surface area (Å²) in [7, 11) is 0. The fraction of sp³-hybridized carbons (Fsp3) is 0.150. The van der Waals surface area contributed by atoms with Gasteiger partial charge in [-0.3, -0.25) is 5.10 Å². The summed E-state index contributed by atoms with van der Waals surface area (Å²) in [4.78, 5) is 8.23. The Hall–Kier alpha value is -3.81. The lowest BCUT2D eigenvalue weighted by Crippen LogP contribution is -2.04. The van der Waals surface area contributed by atoms with Crippen LogP contribution in [-0.2, 0) is 6.42 Å². The molecule has 4 aromatic rings. The van der Waals surface area contributed by atoms with Crippen LogP contribution in [0.4, 0.5) is 17.5 Å². The van der Waals surface area contributed by atoms with E-state index in [0.29, 0.717) is 18.1 Å². The van der Waals surface area contributed by atoms with Gasteiger partial charge in [0.25, 0.3) is 0 Å². The molecule has 28 heavy (non-hydrogen) atoms. The molecule has 7 N–H and O–H groups in total. The number of rotatable bonds is 6. The van der Waals surface area contributed by atoms with E-state index in [9.17, 15) is 5.11 Å². The Labute approximate surface area is 161 Å². The summed E-state index contributed by atoms with van der Waals surface area (Å²) in [5.41, 5.74) is 16.0. The molecule has 0 aliphatic heterocycles. The lowest BCUT2D eigenvalue weighted by atomic mass is 10.1. The average Bonchev–Trinajstić information content (AvgIpc) is 3.07. The molecule has 2 heterocycles. The van der Waals surface area contributed by atoms with Gasteiger partial charge >= 0.3 is 0 Å². The van der Waals surface area contributed by atoms with Crippen molar-refractivity contribution in [1.82, 2.24) is 20.2 Å². The summed E-state index contributed by atoms with van der Waals surface area (Å²) in [6.45, 7) is 0.712. The second-order valence-corrected chi connectivity index (χ2v) is 6.51. The molecule has 0 saturated carbocycles. The zero-order valence-electron chi connectivity index (χ0n) is 15.2. The molecular formula is C20H21N7O. The number of para-hydroxylation sites is 1. The second-order valence-electron chi connectivity index (χ2n) is 6.51. The maximum Gasteiger partial charge on any atom is 0.220 e. The Morgan fingerprint density at radius 1 is 1.11 bits per heavy atom. The number of hydrogen-bond acceptors (Lipinski definition) is 7. The molecule has 0 spiro atoms. The van der Waals surface area contributed by atoms with Crippen LogP contribution in [0.5, 0.6) is 5.75 Å². The minimum atomic E-state index is 0.221. The molecule has 0 aliphatic carbocycles. The van der Waals surface area contributed by atoms with Gasteiger partial charge in [0.15, 0.2) is 5.82 Å². The Morgan fingerprint density at radius 2 is 1.96 bits per heavy atom. The summed E-state index contributed by atoms with van der Waals surface area (Å²) in [5, 5.41) is 21.2. The van der Waals surface area contributed by atoms with Gasteiger partial charge in [-0.15, -0.1) is 0 Å². The number of H-pyrrole nitrogens is 1. The third-order valence-corrected chi connectivity index (χ3v) is 4.59. The van der Waals surface area contributed by atoms with E-state index in [1.165, 1.54) is 0 Å². The first-order chi connectivity index (χ1) is 13.6. The molecule has 8 nitrogen and oxygen atoms in total. The Balaban J connectivity index is 1.57. The summed E-state index contributed by atoms with van der Waals surface area (Å²) in [5.74, 6) is 0.984. The van der Waals surface area contributed by atoms with Crippen LogP contribution >= 0.6 is 0 Å². The molecule has 0 bridgehead atoms. The number of phenolic OH excluding ortho intramolecular Hbond substituents is 1. The van der Waals surface area contributed by atoms with Gasteiger partial charge in [0, 0.05) is 24.0 Å². The zero-order chi connectivity index (χ0) is 19.5. The number of benzene rings is 2. The van der Waals surface area contributed by atoms with Crippen LogP contribution in [0.15, 0.2) is 48.7 Å². The number of nitrogens with zero attached hydrogens (tertiary/aromatic N) is 3. The van der Waals surface area contributed by atoms with Crippen LogP contribution < -0.4 is 16.8 Å². The van der Waals surface area contributed by atoms with Gasteiger partial charge < -0.3 is 21.9 Å². The molecule has 8 heteroatoms. The van der Waals surface area contributed by atoms with Crippen LogP contribution in [0.2, 0.25) is 0 Å². The molecule has 2 aromatic carbocycles. The van der Waals surface area contributed by atoms with Crippen molar-refractivity contribution in [2.75, 3.05) is 23.3 Å². The van der Waals surface area contributed by atoms with E-state index in [0.717, 1.165) is 46.3 Å². The SMILES string of the molecule is Nc1nccc(-c2cc(NCCCc3ccccc3O)c3c(N)n[nH]c3c2)n1. The van der Waals surface area contributed by atoms with Gasteiger partial charge in [-0.2, -0.15) is 5.10 Å². The summed E-state index contributed by atoms with van der Waals surface area (Å²) in [6, 6.07) is 13.1. The third kappa shape index (κ3) is 3.52. The van der Waals surface area contributed by atoms with Gasteiger partial charge in [-0.25, -0.2) is 9.97 Å². The molecule has 0 fully saturated rings. The number of phenols is 1. The predicted molar refractivity (Wildman–Crippen MR) is 111 cm³/mol. The van der Waals surface area contributed by atoms with E-state index < -0.39 is 0 Å². The quantitative estimate of drug-likeness (QED) is 0.326. The van der Waals surface area contributed by atoms with Crippen LogP contribution in [-0.4, -0.2) is 31.8 Å². The molecule has 4 rings (SSSR count). The lowest BCUT2D eigenvalue weighted by molar-refractivity contribution is 0.467. The van der Waals surface area contributed by atoms with E-state index >= 15 is 0 Å². The first-order valence-corrected chi connectivity index (χ1v) is 8.99. The monoisotopic (exact) mass is 375 g/mol. The van der Waals surface area contributed by atoms with Crippen molar-refractivity contribution in [2.24, 2.45) is 0 Å². The molecule has 0 amide bonds. The summed E-state index contributed by atoms with van der Waals surface area (Å²) >= 11 is 0. The number of aryl methyl sites for hydroxylation is 1. The fourth-order valence-electron chi connectivity index (χ4n) is 3.23. The van der Waals surface area contributed by atoms with Gasteiger partial charge in [0.05, 0.1) is 16.6 Å². The highest BCUT2D eigenvalue weighted by molar-refractivity contribution is 6.02. The van der Waals surface area contributed by atoms with E-state index in [1.54, 1.807) is 18.3 Å². The molecule has 142 valence electrons. The maximum absolute atomic E-state index is 9.89. The van der Waals surface area contributed by atoms with E-state index in [-0.39, 0.29) is 5.95 Å². The third-order valence-electron chi connectivity index (χ3n) is 4.59. The van der Waals surface area contributed by atoms with Gasteiger partial charge in [-0.05, 0) is 42.7 Å². The number of nitrogen functional groups attached to an aromatic ring is 2. The standard InChI is InChI=1S/C20H21N7O/c21-19-18-15(23-8-3-5-12-4-1-2-6-17(12)28)10-13(11-16(18)26-27-19)14-7-9-24-20(22)25-14/h1-2,4,6-7,9-11,23,28H,3,5,8H2,(H3,21,26,27)(H2,22,24,25). The number of nitrogens with two attached hydrogens (primary N) is 2. The van der Waals surface area contributed by atoms with Crippen molar-refractivity contribution in [3.63, 3.8) is 0 Å². The number of fused-ring (bicyclic) bond motifs is 1. The van der Waals surface area contributed by atoms with E-state index in [2.05, 4.69) is 25.5 Å². The molecule has 2 aromatic heterocycles. The lowest BCUT2D eigenvalue weighted by Gasteiger charge is -2.11. The van der Waals surface area contributed by atoms with Crippen LogP contribution in [0.3, 0.4) is 0 Å². The van der Waals surface area contributed by atoms with Crippen molar-refractivity contribution in [3.8, 4) is 17.0 Å². The fourth-order valence-corrected chi connectivity index (χ4v) is 3.23. The Kier molecular flexibility index (Phi) is 4.67. The van der Waals surface area contributed by atoms with Gasteiger partial charge in [0.1, 0.15) is 5.75 Å². The minimum absolute atomic E-state index is 0.221. The number of nitrogens with one attached hydrogen (secondary N) is 2. The van der Waals surface area contributed by atoms with Crippen molar-refractivity contribution in [1.29, 1.82) is 0 Å². The second kappa shape index (κ2) is 7.43. The number of aromatic amines is 1. The van der Waals surface area contributed by atoms with Crippen LogP contribution in [0, 0.1) is 0 Å². The van der Waals surface area contributed by atoms with Crippen LogP contribution in [0.1, 0.15) is 12.0 Å². The topological polar surface area (TPSA) is 139 Å². The average molecular weight is 375 g/mol. The Bertz CT molecular complexity index is 1120. The summed E-state index contributed by atoms with van der Waals surface area (Å²) < 4.78 is 0. The minimum Gasteiger partial charge on any atom is -0.508 e. The number of hydrogen-bond donors (Lipinski definition) is 5. The largest absolute Gasteiger partial charge is 0.508 e. The van der Waals surface area contributed by atoms with E-state index in [1.807, 2.05) is 30.3 Å². The first kappa shape index (κ1) is 17.6. The van der Waals surface area contributed by atoms with Crippen molar-refractivity contribution >= 4 is 28.4 Å². The van der Waals surface area contributed by atoms with E-state index in [4.69, 9.17) is 11.5 Å². The molecule has 0 radical (unpaired) electrons. The van der Waals surface area contributed by atoms with Gasteiger partial charge in [0.2, 0.25) is 5.95 Å². The predicted octanol–water partition coefficient (Wildman–Crippen LogP) is 2.93. The molecule has 0 unspecified atom stereocenters. The smallest absolute Gasteiger partial charge is 0.220 e. The molecule has 0 atom stereocenters. The highest BCUT2D eigenvalue weighted by atomic mass is 16.3. The van der Waals surface area contributed by atoms with Gasteiger partial charge in [-0.1, -0.05) is 18.2 Å². The highest BCUT2D eigenvalue weighted by Gasteiger charge is 2.12. The first-order valence-electron chi connectivity index (χ1n) is 8.99. The zero-order valence-corrected chi connectivity index (χ0v) is 15.2. The molecule has 0 saturated heterocycles. The van der Waals surface area contributed by atoms with Crippen molar-refractivity contribution < 1.29 is 5.11 Å². The normalized spacial score (nSPS) is 11.0. The Morgan fingerprint density at radius 3 is 2.79 bits per heavy atom. The summed E-state index contributed by atoms with van der Waals surface area (Å²) in [6.07, 6.45) is 3.25. The van der Waals surface area contributed by atoms with Crippen LogP contribution in [0.25, 0.3) is 22.2 Å². The highest BCUT2D eigenvalue weighted by Crippen LogP contribution is 2.32. The maximum atomic E-state index is 9.89. The van der Waals surface area contributed by atoms with Crippen molar-refractivity contribution in [3.05, 3.63) is 54.2 Å². The molecular weight excluding hydrogens is 354 g/mol. The van der Waals surface area contributed by atoms with Crippen molar-refractivity contribution in [2.45, 2.75) is 12.8 Å². The number of anilines is 3.